The van der Waals surface area contributed by atoms with Crippen LogP contribution in [0.15, 0.2) is 48.5 Å². The highest BCUT2D eigenvalue weighted by Gasteiger charge is 2.54. The van der Waals surface area contributed by atoms with Crippen LogP contribution in [0.25, 0.3) is 0 Å². The number of Topliss-reactive ketones (excluding diaryl/α,β-unsaturated/α-hetero) is 1. The van der Waals surface area contributed by atoms with Gasteiger partial charge < -0.3 is 10.6 Å². The van der Waals surface area contributed by atoms with Gasteiger partial charge in [-0.1, -0.05) is 36.4 Å². The highest BCUT2D eigenvalue weighted by atomic mass is 16.2. The predicted octanol–water partition coefficient (Wildman–Crippen LogP) is 2.61. The number of carbonyl (C=O) groups is 4. The van der Waals surface area contributed by atoms with Crippen molar-refractivity contribution in [1.82, 2.24) is 10.2 Å². The Balaban J connectivity index is 1.53. The molecule has 1 fully saturated rings. The summed E-state index contributed by atoms with van der Waals surface area (Å²) in [6.45, 7) is 1.05. The van der Waals surface area contributed by atoms with Gasteiger partial charge in [0, 0.05) is 11.3 Å². The normalized spacial score (nSPS) is 20.4. The minimum Gasteiger partial charge on any atom is -0.325 e. The van der Waals surface area contributed by atoms with Gasteiger partial charge >= 0.3 is 6.03 Å². The lowest BCUT2D eigenvalue weighted by Crippen LogP contribution is -2.47. The van der Waals surface area contributed by atoms with E-state index in [4.69, 9.17) is 0 Å². The van der Waals surface area contributed by atoms with Crippen LogP contribution in [0.2, 0.25) is 0 Å². The fraction of sp³-hybridized carbons (Fsp3) is 0.273. The lowest BCUT2D eigenvalue weighted by molar-refractivity contribution is -0.134. The number of rotatable bonds is 4. The SMILES string of the molecule is CC(=O)c1cccc(NC(=O)CN2C(=O)N[C@]3(CCCc4ccccc43)C2=O)c1. The number of aryl methyl sites for hydroxylation is 1. The highest BCUT2D eigenvalue weighted by Crippen LogP contribution is 2.39. The average Bonchev–Trinajstić information content (AvgIpc) is 2.93. The molecule has 1 atom stereocenters. The first-order chi connectivity index (χ1) is 13.9. The summed E-state index contributed by atoms with van der Waals surface area (Å²) < 4.78 is 0. The van der Waals surface area contributed by atoms with Gasteiger partial charge in [-0.2, -0.15) is 0 Å². The van der Waals surface area contributed by atoms with Crippen molar-refractivity contribution < 1.29 is 19.2 Å². The van der Waals surface area contributed by atoms with Gasteiger partial charge in [0.15, 0.2) is 5.78 Å². The number of nitrogens with zero attached hydrogens (tertiary/aromatic N) is 1. The van der Waals surface area contributed by atoms with Crippen LogP contribution in [0.3, 0.4) is 0 Å². The van der Waals surface area contributed by atoms with Crippen molar-refractivity contribution in [1.29, 1.82) is 0 Å². The van der Waals surface area contributed by atoms with Crippen molar-refractivity contribution in [3.05, 3.63) is 65.2 Å². The third-order valence-electron chi connectivity index (χ3n) is 5.51. The molecule has 29 heavy (non-hydrogen) atoms. The van der Waals surface area contributed by atoms with Crippen LogP contribution in [-0.2, 0) is 21.5 Å². The summed E-state index contributed by atoms with van der Waals surface area (Å²) in [7, 11) is 0. The lowest BCUT2D eigenvalue weighted by atomic mass is 9.76. The number of nitrogens with one attached hydrogen (secondary N) is 2. The Bertz CT molecular complexity index is 1030. The molecular weight excluding hydrogens is 370 g/mol. The second-order valence-corrected chi connectivity index (χ2v) is 7.42. The minimum absolute atomic E-state index is 0.117. The van der Waals surface area contributed by atoms with E-state index in [1.54, 1.807) is 24.3 Å². The summed E-state index contributed by atoms with van der Waals surface area (Å²) in [5.74, 6) is -1.02. The van der Waals surface area contributed by atoms with Gasteiger partial charge in [-0.3, -0.25) is 19.3 Å². The van der Waals surface area contributed by atoms with E-state index in [9.17, 15) is 19.2 Å². The highest BCUT2D eigenvalue weighted by molar-refractivity contribution is 6.10. The molecule has 7 heteroatoms. The zero-order valence-electron chi connectivity index (χ0n) is 16.0. The van der Waals surface area contributed by atoms with Gasteiger partial charge in [-0.25, -0.2) is 4.79 Å². The molecule has 0 radical (unpaired) electrons. The number of hydrogen-bond donors (Lipinski definition) is 2. The summed E-state index contributed by atoms with van der Waals surface area (Å²) in [5.41, 5.74) is 1.66. The van der Waals surface area contributed by atoms with Crippen molar-refractivity contribution in [3.8, 4) is 0 Å². The molecule has 2 aromatic carbocycles. The number of imide groups is 1. The van der Waals surface area contributed by atoms with Gasteiger partial charge in [0.1, 0.15) is 12.1 Å². The van der Waals surface area contributed by atoms with E-state index in [-0.39, 0.29) is 12.3 Å². The molecule has 1 aliphatic heterocycles. The molecule has 0 saturated carbocycles. The first-order valence-electron chi connectivity index (χ1n) is 9.54. The average molecular weight is 391 g/mol. The summed E-state index contributed by atoms with van der Waals surface area (Å²) in [5, 5.41) is 5.48. The van der Waals surface area contributed by atoms with Crippen LogP contribution >= 0.6 is 0 Å². The van der Waals surface area contributed by atoms with Crippen molar-refractivity contribution in [2.75, 3.05) is 11.9 Å². The van der Waals surface area contributed by atoms with Crippen molar-refractivity contribution in [2.45, 2.75) is 31.7 Å². The third-order valence-corrected chi connectivity index (χ3v) is 5.51. The standard InChI is InChI=1S/C22H21N3O4/c1-14(26)16-7-4-9-17(12-16)23-19(27)13-25-20(28)22(24-21(25)29)11-5-8-15-6-2-3-10-18(15)22/h2-4,6-7,9-10,12H,5,8,11,13H2,1H3,(H,23,27)(H,24,29)/t22-/m0/s1. The predicted molar refractivity (Wildman–Crippen MR) is 106 cm³/mol. The minimum atomic E-state index is -1.10. The molecule has 1 saturated heterocycles. The van der Waals surface area contributed by atoms with Crippen LogP contribution in [0.5, 0.6) is 0 Å². The molecule has 4 amide bonds. The number of fused-ring (bicyclic) bond motifs is 2. The quantitative estimate of drug-likeness (QED) is 0.619. The second kappa shape index (κ2) is 7.16. The van der Waals surface area contributed by atoms with Crippen LogP contribution in [0.4, 0.5) is 10.5 Å². The Hall–Kier alpha value is -3.48. The molecule has 7 nitrogen and oxygen atoms in total. The van der Waals surface area contributed by atoms with Crippen molar-refractivity contribution in [3.63, 3.8) is 0 Å². The molecule has 2 aromatic rings. The van der Waals surface area contributed by atoms with E-state index in [0.717, 1.165) is 28.9 Å². The number of amides is 4. The molecule has 0 bridgehead atoms. The summed E-state index contributed by atoms with van der Waals surface area (Å²) >= 11 is 0. The Morgan fingerprint density at radius 2 is 1.93 bits per heavy atom. The van der Waals surface area contributed by atoms with Gasteiger partial charge in [-0.15, -0.1) is 0 Å². The van der Waals surface area contributed by atoms with E-state index < -0.39 is 23.4 Å². The zero-order valence-corrected chi connectivity index (χ0v) is 16.0. The number of urea groups is 1. The van der Waals surface area contributed by atoms with Gasteiger partial charge in [0.2, 0.25) is 5.91 Å². The van der Waals surface area contributed by atoms with Crippen LogP contribution in [0, 0.1) is 0 Å². The maximum atomic E-state index is 13.2. The van der Waals surface area contributed by atoms with Gasteiger partial charge in [0.05, 0.1) is 0 Å². The Labute approximate surface area is 168 Å². The Morgan fingerprint density at radius 1 is 1.14 bits per heavy atom. The van der Waals surface area contributed by atoms with Gasteiger partial charge in [0.25, 0.3) is 5.91 Å². The number of anilines is 1. The maximum Gasteiger partial charge on any atom is 0.325 e. The first kappa shape index (κ1) is 18.9. The first-order valence-corrected chi connectivity index (χ1v) is 9.54. The fourth-order valence-electron chi connectivity index (χ4n) is 4.12. The number of ketones is 1. The smallest absolute Gasteiger partial charge is 0.325 e. The molecule has 4 rings (SSSR count). The van der Waals surface area contributed by atoms with Crippen LogP contribution in [-0.4, -0.2) is 35.1 Å². The largest absolute Gasteiger partial charge is 0.325 e. The van der Waals surface area contributed by atoms with E-state index >= 15 is 0 Å². The molecule has 0 aromatic heterocycles. The van der Waals surface area contributed by atoms with Gasteiger partial charge in [-0.05, 0) is 49.4 Å². The van der Waals surface area contributed by atoms with Crippen LogP contribution < -0.4 is 10.6 Å². The van der Waals surface area contributed by atoms with E-state index in [2.05, 4.69) is 10.6 Å². The number of carbonyl (C=O) groups excluding carboxylic acids is 4. The van der Waals surface area contributed by atoms with E-state index in [1.807, 2.05) is 24.3 Å². The Morgan fingerprint density at radius 3 is 2.72 bits per heavy atom. The van der Waals surface area contributed by atoms with Crippen molar-refractivity contribution in [2.24, 2.45) is 0 Å². The molecule has 2 aliphatic rings. The number of benzene rings is 2. The molecule has 148 valence electrons. The second-order valence-electron chi connectivity index (χ2n) is 7.42. The van der Waals surface area contributed by atoms with E-state index in [0.29, 0.717) is 17.7 Å². The van der Waals surface area contributed by atoms with Crippen LogP contribution in [0.1, 0.15) is 41.3 Å². The third kappa shape index (κ3) is 3.29. The lowest BCUT2D eigenvalue weighted by Gasteiger charge is -2.33. The maximum absolute atomic E-state index is 13.2. The molecule has 1 spiro atoms. The number of hydrogen-bond acceptors (Lipinski definition) is 4. The molecule has 2 N–H and O–H groups in total. The van der Waals surface area contributed by atoms with Crippen molar-refractivity contribution >= 4 is 29.3 Å². The fourth-order valence-corrected chi connectivity index (χ4v) is 4.12. The topological polar surface area (TPSA) is 95.6 Å². The summed E-state index contributed by atoms with van der Waals surface area (Å²) in [6.07, 6.45) is 2.14. The summed E-state index contributed by atoms with van der Waals surface area (Å²) in [6, 6.07) is 13.5. The molecule has 0 unspecified atom stereocenters. The summed E-state index contributed by atoms with van der Waals surface area (Å²) in [4.78, 5) is 50.7. The van der Waals surface area contributed by atoms with E-state index in [1.165, 1.54) is 6.92 Å². The molecule has 1 aliphatic carbocycles. The zero-order chi connectivity index (χ0) is 20.6. The molecular formula is C22H21N3O4. The monoisotopic (exact) mass is 391 g/mol. The Kier molecular flexibility index (Phi) is 4.66. The molecule has 1 heterocycles.